The molecule has 2 amide bonds. The maximum absolute atomic E-state index is 13.1. The molecular formula is C23H22N4O3. The van der Waals surface area contributed by atoms with Crippen molar-refractivity contribution in [1.82, 2.24) is 9.78 Å². The largest absolute Gasteiger partial charge is 0.324 e. The van der Waals surface area contributed by atoms with Gasteiger partial charge in [-0.3, -0.25) is 14.4 Å². The molecule has 0 radical (unpaired) electrons. The fraction of sp³-hybridized carbons (Fsp3) is 0.217. The number of hydrogen-bond donors (Lipinski definition) is 1. The molecule has 0 saturated heterocycles. The topological polar surface area (TPSA) is 84.3 Å². The third-order valence-electron chi connectivity index (χ3n) is 5.11. The van der Waals surface area contributed by atoms with Gasteiger partial charge in [0.25, 0.3) is 11.5 Å². The minimum absolute atomic E-state index is 0.0123. The molecule has 0 aliphatic carbocycles. The lowest BCUT2D eigenvalue weighted by molar-refractivity contribution is -0.117. The molecule has 1 atom stereocenters. The maximum atomic E-state index is 13.1. The van der Waals surface area contributed by atoms with E-state index in [1.165, 1.54) is 12.1 Å². The third kappa shape index (κ3) is 3.87. The van der Waals surface area contributed by atoms with Crippen LogP contribution in [0.3, 0.4) is 0 Å². The fourth-order valence-corrected chi connectivity index (χ4v) is 3.73. The van der Waals surface area contributed by atoms with Gasteiger partial charge in [-0.05, 0) is 55.7 Å². The number of hydrogen-bond acceptors (Lipinski definition) is 4. The highest BCUT2D eigenvalue weighted by atomic mass is 16.2. The quantitative estimate of drug-likeness (QED) is 0.727. The molecule has 7 nitrogen and oxygen atoms in total. The van der Waals surface area contributed by atoms with Crippen LogP contribution in [0.2, 0.25) is 0 Å². The molecule has 2 heterocycles. The summed E-state index contributed by atoms with van der Waals surface area (Å²) in [5.74, 6) is -0.681. The number of nitrogens with zero attached hydrogens (tertiary/aromatic N) is 3. The van der Waals surface area contributed by atoms with Crippen LogP contribution in [0.1, 0.15) is 28.5 Å². The highest BCUT2D eigenvalue weighted by Crippen LogP contribution is 2.32. The Labute approximate surface area is 174 Å². The van der Waals surface area contributed by atoms with Gasteiger partial charge in [0.05, 0.1) is 0 Å². The lowest BCUT2D eigenvalue weighted by Crippen LogP contribution is -2.38. The monoisotopic (exact) mass is 402 g/mol. The number of para-hydroxylation sites is 1. The standard InChI is InChI=1S/C23H22N4O3/c1-15-6-5-8-18(12-15)24-21(28)14-26-22(29)11-10-19(25-26)23(30)27-16(2)13-17-7-3-4-9-20(17)27/h3-12,16H,13-14H2,1-2H3,(H,24,28)/t16-/m1/s1. The number of carbonyl (C=O) groups is 2. The van der Waals surface area contributed by atoms with E-state index in [9.17, 15) is 14.4 Å². The summed E-state index contributed by atoms with van der Waals surface area (Å²) < 4.78 is 1.02. The Kier molecular flexibility index (Phi) is 5.18. The predicted molar refractivity (Wildman–Crippen MR) is 115 cm³/mol. The average Bonchev–Trinajstić information content (AvgIpc) is 3.04. The van der Waals surface area contributed by atoms with Crippen molar-refractivity contribution in [3.63, 3.8) is 0 Å². The van der Waals surface area contributed by atoms with E-state index >= 15 is 0 Å². The fourth-order valence-electron chi connectivity index (χ4n) is 3.73. The first-order chi connectivity index (χ1) is 14.4. The SMILES string of the molecule is Cc1cccc(NC(=O)Cn2nc(C(=O)N3c4ccccc4C[C@H]3C)ccc2=O)c1. The molecule has 0 fully saturated rings. The van der Waals surface area contributed by atoms with E-state index in [-0.39, 0.29) is 30.1 Å². The second-order valence-corrected chi connectivity index (χ2v) is 7.49. The molecule has 7 heteroatoms. The zero-order valence-electron chi connectivity index (χ0n) is 16.8. The van der Waals surface area contributed by atoms with Gasteiger partial charge in [-0.15, -0.1) is 0 Å². The van der Waals surface area contributed by atoms with E-state index in [2.05, 4.69) is 10.4 Å². The van der Waals surface area contributed by atoms with Crippen LogP contribution in [0.15, 0.2) is 65.5 Å². The minimum Gasteiger partial charge on any atom is -0.324 e. The van der Waals surface area contributed by atoms with Crippen LogP contribution in [-0.2, 0) is 17.8 Å². The molecule has 1 aliphatic heterocycles. The van der Waals surface area contributed by atoms with E-state index in [1.54, 1.807) is 11.0 Å². The molecule has 3 aromatic rings. The number of aryl methyl sites for hydroxylation is 1. The molecule has 1 aliphatic rings. The average molecular weight is 402 g/mol. The van der Waals surface area contributed by atoms with Crippen molar-refractivity contribution in [2.24, 2.45) is 0 Å². The molecule has 152 valence electrons. The molecule has 4 rings (SSSR count). The van der Waals surface area contributed by atoms with Crippen LogP contribution in [-0.4, -0.2) is 27.6 Å². The molecule has 0 spiro atoms. The summed E-state index contributed by atoms with van der Waals surface area (Å²) >= 11 is 0. The highest BCUT2D eigenvalue weighted by molar-refractivity contribution is 6.06. The van der Waals surface area contributed by atoms with Gasteiger partial charge >= 0.3 is 0 Å². The van der Waals surface area contributed by atoms with Gasteiger partial charge < -0.3 is 10.2 Å². The van der Waals surface area contributed by atoms with Crippen LogP contribution in [0, 0.1) is 6.92 Å². The summed E-state index contributed by atoms with van der Waals surface area (Å²) in [6, 6.07) is 17.8. The molecule has 1 N–H and O–H groups in total. The smallest absolute Gasteiger partial charge is 0.278 e. The minimum atomic E-state index is -0.444. The molecule has 0 bridgehead atoms. The van der Waals surface area contributed by atoms with Gasteiger partial charge in [0.2, 0.25) is 5.91 Å². The summed E-state index contributed by atoms with van der Waals surface area (Å²) in [6.45, 7) is 3.62. The van der Waals surface area contributed by atoms with Crippen molar-refractivity contribution >= 4 is 23.2 Å². The summed E-state index contributed by atoms with van der Waals surface area (Å²) in [5.41, 5.74) is 3.29. The van der Waals surface area contributed by atoms with Gasteiger partial charge in [-0.25, -0.2) is 4.68 Å². The third-order valence-corrected chi connectivity index (χ3v) is 5.11. The summed E-state index contributed by atoms with van der Waals surface area (Å²) in [5, 5.41) is 6.92. The van der Waals surface area contributed by atoms with Crippen molar-refractivity contribution in [3.05, 3.63) is 87.8 Å². The number of amides is 2. The van der Waals surface area contributed by atoms with E-state index in [0.29, 0.717) is 5.69 Å². The van der Waals surface area contributed by atoms with Gasteiger partial charge in [0.1, 0.15) is 12.2 Å². The number of fused-ring (bicyclic) bond motifs is 1. The zero-order valence-corrected chi connectivity index (χ0v) is 16.8. The molecule has 30 heavy (non-hydrogen) atoms. The first-order valence-electron chi connectivity index (χ1n) is 9.78. The number of anilines is 2. The summed E-state index contributed by atoms with van der Waals surface area (Å²) in [7, 11) is 0. The highest BCUT2D eigenvalue weighted by Gasteiger charge is 2.32. The second kappa shape index (κ2) is 7.94. The summed E-state index contributed by atoms with van der Waals surface area (Å²) in [4.78, 5) is 39.4. The van der Waals surface area contributed by atoms with Gasteiger partial charge in [0, 0.05) is 23.5 Å². The van der Waals surface area contributed by atoms with Crippen molar-refractivity contribution < 1.29 is 9.59 Å². The Morgan fingerprint density at radius 1 is 1.10 bits per heavy atom. The van der Waals surface area contributed by atoms with E-state index in [1.807, 2.05) is 56.3 Å². The Bertz CT molecular complexity index is 1180. The Hall–Kier alpha value is -3.74. The zero-order chi connectivity index (χ0) is 21.3. The lowest BCUT2D eigenvalue weighted by atomic mass is 10.1. The Morgan fingerprint density at radius 3 is 2.70 bits per heavy atom. The normalized spacial score (nSPS) is 15.0. The molecule has 0 saturated carbocycles. The number of aromatic nitrogens is 2. The van der Waals surface area contributed by atoms with Gasteiger partial charge in [-0.1, -0.05) is 30.3 Å². The Morgan fingerprint density at radius 2 is 1.90 bits per heavy atom. The van der Waals surface area contributed by atoms with E-state index in [0.717, 1.165) is 27.9 Å². The van der Waals surface area contributed by atoms with Crippen molar-refractivity contribution in [2.75, 3.05) is 10.2 Å². The maximum Gasteiger partial charge on any atom is 0.278 e. The number of nitrogens with one attached hydrogen (secondary N) is 1. The van der Waals surface area contributed by atoms with Crippen LogP contribution in [0.25, 0.3) is 0 Å². The second-order valence-electron chi connectivity index (χ2n) is 7.49. The van der Waals surface area contributed by atoms with Gasteiger partial charge in [0.15, 0.2) is 0 Å². The van der Waals surface area contributed by atoms with E-state index in [4.69, 9.17) is 0 Å². The van der Waals surface area contributed by atoms with Crippen LogP contribution < -0.4 is 15.8 Å². The first-order valence-corrected chi connectivity index (χ1v) is 9.78. The lowest BCUT2D eigenvalue weighted by Gasteiger charge is -2.22. The molecule has 0 unspecified atom stereocenters. The van der Waals surface area contributed by atoms with E-state index < -0.39 is 5.56 Å². The molecule has 1 aromatic heterocycles. The van der Waals surface area contributed by atoms with Crippen LogP contribution >= 0.6 is 0 Å². The molecule has 2 aromatic carbocycles. The number of rotatable bonds is 4. The van der Waals surface area contributed by atoms with Crippen LogP contribution in [0.5, 0.6) is 0 Å². The van der Waals surface area contributed by atoms with Crippen molar-refractivity contribution in [1.29, 1.82) is 0 Å². The van der Waals surface area contributed by atoms with Gasteiger partial charge in [-0.2, -0.15) is 5.10 Å². The van der Waals surface area contributed by atoms with Crippen molar-refractivity contribution in [3.8, 4) is 0 Å². The first kappa shape index (κ1) is 19.6. The predicted octanol–water partition coefficient (Wildman–Crippen LogP) is 2.78. The Balaban J connectivity index is 1.55. The van der Waals surface area contributed by atoms with Crippen LogP contribution in [0.4, 0.5) is 11.4 Å². The number of carbonyl (C=O) groups excluding carboxylic acids is 2. The van der Waals surface area contributed by atoms with Crippen molar-refractivity contribution in [2.45, 2.75) is 32.9 Å². The number of benzene rings is 2. The summed E-state index contributed by atoms with van der Waals surface area (Å²) in [6.07, 6.45) is 0.764. The molecular weight excluding hydrogens is 380 g/mol.